The Morgan fingerprint density at radius 1 is 1.21 bits per heavy atom. The molecule has 19 heavy (non-hydrogen) atoms. The van der Waals surface area contributed by atoms with Crippen molar-refractivity contribution in [2.45, 2.75) is 12.8 Å². The third-order valence-electron chi connectivity index (χ3n) is 2.80. The van der Waals surface area contributed by atoms with Crippen LogP contribution >= 0.6 is 0 Å². The Morgan fingerprint density at radius 3 is 2.84 bits per heavy atom. The molecule has 0 radical (unpaired) electrons. The molecule has 0 saturated heterocycles. The standard InChI is InChI=1S/C15H19N3O/c1-19-15-9-3-8-14(18-15)17-13-7-2-5-12(11-13)6-4-10-16/h2-3,5,7-9,11H,4,6,10,16H2,1H3,(H,17,18). The summed E-state index contributed by atoms with van der Waals surface area (Å²) in [7, 11) is 1.61. The van der Waals surface area contributed by atoms with Crippen molar-refractivity contribution in [2.75, 3.05) is 19.0 Å². The number of aryl methyl sites for hydroxylation is 1. The summed E-state index contributed by atoms with van der Waals surface area (Å²) in [6.07, 6.45) is 2.00. The van der Waals surface area contributed by atoms with E-state index in [4.69, 9.17) is 10.5 Å². The second kappa shape index (κ2) is 6.75. The number of pyridine rings is 1. The Balaban J connectivity index is 2.09. The zero-order valence-electron chi connectivity index (χ0n) is 11.1. The summed E-state index contributed by atoms with van der Waals surface area (Å²) in [5, 5.41) is 3.27. The number of rotatable bonds is 6. The number of methoxy groups -OCH3 is 1. The highest BCUT2D eigenvalue weighted by Crippen LogP contribution is 2.18. The molecule has 0 fully saturated rings. The van der Waals surface area contributed by atoms with Crippen molar-refractivity contribution < 1.29 is 4.74 Å². The van der Waals surface area contributed by atoms with Crippen LogP contribution in [0.15, 0.2) is 42.5 Å². The molecule has 0 aliphatic heterocycles. The molecule has 0 saturated carbocycles. The van der Waals surface area contributed by atoms with Gasteiger partial charge in [-0.3, -0.25) is 0 Å². The second-order valence-corrected chi connectivity index (χ2v) is 4.28. The van der Waals surface area contributed by atoms with E-state index in [1.54, 1.807) is 7.11 Å². The fourth-order valence-corrected chi connectivity index (χ4v) is 1.86. The van der Waals surface area contributed by atoms with E-state index in [2.05, 4.69) is 22.4 Å². The van der Waals surface area contributed by atoms with E-state index < -0.39 is 0 Å². The van der Waals surface area contributed by atoms with Crippen LogP contribution in [0.4, 0.5) is 11.5 Å². The number of hydrogen-bond acceptors (Lipinski definition) is 4. The van der Waals surface area contributed by atoms with Gasteiger partial charge in [0, 0.05) is 11.8 Å². The van der Waals surface area contributed by atoms with Crippen LogP contribution in [-0.2, 0) is 6.42 Å². The van der Waals surface area contributed by atoms with Gasteiger partial charge in [-0.05, 0) is 43.1 Å². The van der Waals surface area contributed by atoms with Crippen LogP contribution < -0.4 is 15.8 Å². The number of benzene rings is 1. The molecular formula is C15H19N3O. The smallest absolute Gasteiger partial charge is 0.214 e. The number of nitrogens with two attached hydrogens (primary N) is 1. The number of hydrogen-bond donors (Lipinski definition) is 2. The molecule has 4 heteroatoms. The third-order valence-corrected chi connectivity index (χ3v) is 2.80. The predicted octanol–water partition coefficient (Wildman–Crippen LogP) is 2.73. The van der Waals surface area contributed by atoms with Gasteiger partial charge in [0.1, 0.15) is 5.82 Å². The lowest BCUT2D eigenvalue weighted by Gasteiger charge is -2.08. The third kappa shape index (κ3) is 3.96. The number of ether oxygens (including phenoxy) is 1. The van der Waals surface area contributed by atoms with Gasteiger partial charge < -0.3 is 15.8 Å². The van der Waals surface area contributed by atoms with E-state index in [-0.39, 0.29) is 0 Å². The van der Waals surface area contributed by atoms with Crippen molar-refractivity contribution in [3.8, 4) is 5.88 Å². The average molecular weight is 257 g/mol. The molecule has 0 spiro atoms. The van der Waals surface area contributed by atoms with Gasteiger partial charge in [0.2, 0.25) is 5.88 Å². The zero-order chi connectivity index (χ0) is 13.5. The van der Waals surface area contributed by atoms with E-state index in [0.29, 0.717) is 5.88 Å². The fraction of sp³-hybridized carbons (Fsp3) is 0.267. The molecule has 1 aromatic carbocycles. The van der Waals surface area contributed by atoms with Crippen LogP contribution in [0.3, 0.4) is 0 Å². The molecule has 0 atom stereocenters. The molecule has 3 N–H and O–H groups in total. The number of nitrogens with zero attached hydrogens (tertiary/aromatic N) is 1. The lowest BCUT2D eigenvalue weighted by molar-refractivity contribution is 0.398. The predicted molar refractivity (Wildman–Crippen MR) is 77.9 cm³/mol. The minimum absolute atomic E-state index is 0.601. The first kappa shape index (κ1) is 13.4. The maximum atomic E-state index is 5.53. The van der Waals surface area contributed by atoms with Crippen LogP contribution in [-0.4, -0.2) is 18.6 Å². The molecular weight excluding hydrogens is 238 g/mol. The monoisotopic (exact) mass is 257 g/mol. The summed E-state index contributed by atoms with van der Waals surface area (Å²) in [5.74, 6) is 1.37. The fourth-order valence-electron chi connectivity index (χ4n) is 1.86. The number of aromatic nitrogens is 1. The molecule has 2 aromatic rings. The zero-order valence-corrected chi connectivity index (χ0v) is 11.1. The van der Waals surface area contributed by atoms with Gasteiger partial charge in [-0.15, -0.1) is 0 Å². The van der Waals surface area contributed by atoms with Crippen molar-refractivity contribution in [3.63, 3.8) is 0 Å². The molecule has 1 aromatic heterocycles. The van der Waals surface area contributed by atoms with Gasteiger partial charge in [0.05, 0.1) is 7.11 Å². The number of anilines is 2. The van der Waals surface area contributed by atoms with Crippen LogP contribution in [0.2, 0.25) is 0 Å². The molecule has 2 rings (SSSR count). The number of nitrogens with one attached hydrogen (secondary N) is 1. The largest absolute Gasteiger partial charge is 0.481 e. The van der Waals surface area contributed by atoms with Gasteiger partial charge in [0.25, 0.3) is 0 Å². The van der Waals surface area contributed by atoms with Gasteiger partial charge in [0.15, 0.2) is 0 Å². The summed E-state index contributed by atoms with van der Waals surface area (Å²) in [6.45, 7) is 0.717. The van der Waals surface area contributed by atoms with Crippen molar-refractivity contribution in [2.24, 2.45) is 5.73 Å². The second-order valence-electron chi connectivity index (χ2n) is 4.28. The van der Waals surface area contributed by atoms with Gasteiger partial charge in [-0.1, -0.05) is 18.2 Å². The highest BCUT2D eigenvalue weighted by atomic mass is 16.5. The minimum Gasteiger partial charge on any atom is -0.481 e. The maximum absolute atomic E-state index is 5.53. The molecule has 100 valence electrons. The van der Waals surface area contributed by atoms with Crippen LogP contribution in [0.5, 0.6) is 5.88 Å². The molecule has 0 aliphatic carbocycles. The lowest BCUT2D eigenvalue weighted by Crippen LogP contribution is -2.01. The summed E-state index contributed by atoms with van der Waals surface area (Å²) < 4.78 is 5.10. The molecule has 1 heterocycles. The van der Waals surface area contributed by atoms with Gasteiger partial charge in [-0.25, -0.2) is 0 Å². The minimum atomic E-state index is 0.601. The van der Waals surface area contributed by atoms with Crippen molar-refractivity contribution in [1.82, 2.24) is 4.98 Å². The Labute approximate surface area is 113 Å². The Bertz CT molecular complexity index is 528. The van der Waals surface area contributed by atoms with Crippen molar-refractivity contribution in [1.29, 1.82) is 0 Å². The molecule has 0 aliphatic rings. The Kier molecular flexibility index (Phi) is 4.75. The normalized spacial score (nSPS) is 10.2. The topological polar surface area (TPSA) is 60.2 Å². The van der Waals surface area contributed by atoms with Crippen LogP contribution in [0.1, 0.15) is 12.0 Å². The van der Waals surface area contributed by atoms with E-state index in [0.717, 1.165) is 30.9 Å². The van der Waals surface area contributed by atoms with Crippen LogP contribution in [0.25, 0.3) is 0 Å². The average Bonchev–Trinajstić information content (AvgIpc) is 2.46. The Morgan fingerprint density at radius 2 is 2.05 bits per heavy atom. The SMILES string of the molecule is COc1cccc(Nc2cccc(CCCN)c2)n1. The summed E-state index contributed by atoms with van der Waals surface area (Å²) >= 11 is 0. The maximum Gasteiger partial charge on any atom is 0.214 e. The van der Waals surface area contributed by atoms with Crippen molar-refractivity contribution in [3.05, 3.63) is 48.0 Å². The first-order chi connectivity index (χ1) is 9.31. The van der Waals surface area contributed by atoms with E-state index >= 15 is 0 Å². The molecule has 0 amide bonds. The quantitative estimate of drug-likeness (QED) is 0.835. The van der Waals surface area contributed by atoms with Crippen LogP contribution in [0, 0.1) is 0 Å². The van der Waals surface area contributed by atoms with Gasteiger partial charge in [-0.2, -0.15) is 4.98 Å². The highest BCUT2D eigenvalue weighted by Gasteiger charge is 2.00. The van der Waals surface area contributed by atoms with E-state index in [9.17, 15) is 0 Å². The molecule has 4 nitrogen and oxygen atoms in total. The molecule has 0 unspecified atom stereocenters. The van der Waals surface area contributed by atoms with E-state index in [1.165, 1.54) is 5.56 Å². The summed E-state index contributed by atoms with van der Waals surface area (Å²) in [4.78, 5) is 4.33. The van der Waals surface area contributed by atoms with Gasteiger partial charge >= 0.3 is 0 Å². The first-order valence-corrected chi connectivity index (χ1v) is 6.39. The lowest BCUT2D eigenvalue weighted by atomic mass is 10.1. The molecule has 0 bridgehead atoms. The Hall–Kier alpha value is -2.07. The summed E-state index contributed by atoms with van der Waals surface area (Å²) in [5.41, 5.74) is 7.83. The van der Waals surface area contributed by atoms with E-state index in [1.807, 2.05) is 30.3 Å². The summed E-state index contributed by atoms with van der Waals surface area (Å²) in [6, 6.07) is 13.9. The highest BCUT2D eigenvalue weighted by molar-refractivity contribution is 5.57. The first-order valence-electron chi connectivity index (χ1n) is 6.39. The van der Waals surface area contributed by atoms with Crippen molar-refractivity contribution >= 4 is 11.5 Å².